The van der Waals surface area contributed by atoms with Crippen LogP contribution in [0.25, 0.3) is 0 Å². The number of benzene rings is 1. The zero-order valence-corrected chi connectivity index (χ0v) is 8.64. The quantitative estimate of drug-likeness (QED) is 0.771. The fourth-order valence-corrected chi connectivity index (χ4v) is 2.07. The average molecular weight is 217 g/mol. The maximum absolute atomic E-state index is 11.4. The molecule has 0 atom stereocenters. The van der Waals surface area contributed by atoms with E-state index in [1.165, 1.54) is 11.1 Å². The summed E-state index contributed by atoms with van der Waals surface area (Å²) in [5.74, 6) is 0.370. The minimum Gasteiger partial charge on any atom is -0.344 e. The molecule has 1 aromatic heterocycles. The first-order chi connectivity index (χ1) is 7.84. The standard InChI is InChI=1S/C11H11N3O2/c15-11-10(12-16-13-11)14-6-5-8-3-1-2-4-9(8)7-14/h1-4H,5-7H2,(H,13,15). The van der Waals surface area contributed by atoms with Gasteiger partial charge in [0.1, 0.15) is 0 Å². The molecule has 0 fully saturated rings. The van der Waals surface area contributed by atoms with Crippen molar-refractivity contribution in [3.05, 3.63) is 45.7 Å². The van der Waals surface area contributed by atoms with E-state index in [2.05, 4.69) is 27.1 Å². The van der Waals surface area contributed by atoms with E-state index < -0.39 is 0 Å². The molecule has 0 spiro atoms. The minimum atomic E-state index is -0.264. The molecule has 1 aliphatic heterocycles. The third-order valence-electron chi connectivity index (χ3n) is 2.90. The van der Waals surface area contributed by atoms with E-state index in [-0.39, 0.29) is 5.56 Å². The zero-order chi connectivity index (χ0) is 11.0. The molecular weight excluding hydrogens is 206 g/mol. The van der Waals surface area contributed by atoms with E-state index in [9.17, 15) is 4.79 Å². The summed E-state index contributed by atoms with van der Waals surface area (Å²) in [6.45, 7) is 1.51. The summed E-state index contributed by atoms with van der Waals surface area (Å²) < 4.78 is 4.56. The van der Waals surface area contributed by atoms with Gasteiger partial charge in [-0.25, -0.2) is 0 Å². The molecule has 5 heteroatoms. The molecule has 1 aromatic carbocycles. The Balaban J connectivity index is 1.94. The maximum atomic E-state index is 11.4. The fraction of sp³-hybridized carbons (Fsp3) is 0.273. The monoisotopic (exact) mass is 217 g/mol. The molecule has 1 aliphatic rings. The first-order valence-corrected chi connectivity index (χ1v) is 5.20. The molecule has 16 heavy (non-hydrogen) atoms. The SMILES string of the molecule is O=c1[nH]onc1N1CCc2ccccc2C1. The van der Waals surface area contributed by atoms with Gasteiger partial charge in [0.05, 0.1) is 0 Å². The van der Waals surface area contributed by atoms with Crippen molar-refractivity contribution in [3.63, 3.8) is 0 Å². The molecule has 0 saturated carbocycles. The van der Waals surface area contributed by atoms with Crippen molar-refractivity contribution in [2.45, 2.75) is 13.0 Å². The zero-order valence-electron chi connectivity index (χ0n) is 8.64. The molecule has 5 nitrogen and oxygen atoms in total. The van der Waals surface area contributed by atoms with Crippen molar-refractivity contribution >= 4 is 5.82 Å². The molecule has 0 radical (unpaired) electrons. The van der Waals surface area contributed by atoms with Crippen LogP contribution in [-0.2, 0) is 13.0 Å². The summed E-state index contributed by atoms with van der Waals surface area (Å²) in [6, 6.07) is 8.25. The van der Waals surface area contributed by atoms with Crippen LogP contribution < -0.4 is 10.5 Å². The molecule has 0 amide bonds. The lowest BCUT2D eigenvalue weighted by atomic mass is 10.0. The van der Waals surface area contributed by atoms with Crippen LogP contribution in [0, 0.1) is 0 Å². The van der Waals surface area contributed by atoms with Crippen molar-refractivity contribution in [2.24, 2.45) is 0 Å². The highest BCUT2D eigenvalue weighted by Crippen LogP contribution is 2.20. The fourth-order valence-electron chi connectivity index (χ4n) is 2.07. The predicted molar refractivity (Wildman–Crippen MR) is 58.3 cm³/mol. The highest BCUT2D eigenvalue weighted by atomic mass is 16.6. The van der Waals surface area contributed by atoms with Crippen LogP contribution in [0.4, 0.5) is 5.82 Å². The summed E-state index contributed by atoms with van der Waals surface area (Å²) in [7, 11) is 0. The van der Waals surface area contributed by atoms with Crippen molar-refractivity contribution < 1.29 is 4.63 Å². The number of H-pyrrole nitrogens is 1. The third-order valence-corrected chi connectivity index (χ3v) is 2.90. The number of aromatic amines is 1. The van der Waals surface area contributed by atoms with E-state index >= 15 is 0 Å². The predicted octanol–water partition coefficient (Wildman–Crippen LogP) is 0.926. The second-order valence-corrected chi connectivity index (χ2v) is 3.88. The van der Waals surface area contributed by atoms with Gasteiger partial charge >= 0.3 is 5.56 Å². The van der Waals surface area contributed by atoms with E-state index in [1.54, 1.807) is 0 Å². The summed E-state index contributed by atoms with van der Waals surface area (Å²) in [4.78, 5) is 13.3. The molecule has 3 rings (SSSR count). The molecule has 1 N–H and O–H groups in total. The number of fused-ring (bicyclic) bond motifs is 1. The summed E-state index contributed by atoms with van der Waals surface area (Å²) in [5, 5.41) is 5.90. The number of aromatic nitrogens is 2. The van der Waals surface area contributed by atoms with Gasteiger partial charge in [-0.1, -0.05) is 24.3 Å². The topological polar surface area (TPSA) is 62.1 Å². The van der Waals surface area contributed by atoms with Crippen LogP contribution in [0.2, 0.25) is 0 Å². The first kappa shape index (κ1) is 9.21. The van der Waals surface area contributed by atoms with Gasteiger partial charge in [-0.3, -0.25) is 9.42 Å². The largest absolute Gasteiger partial charge is 0.344 e. The maximum Gasteiger partial charge on any atom is 0.325 e. The van der Waals surface area contributed by atoms with Crippen LogP contribution in [0.3, 0.4) is 0 Å². The number of nitrogens with zero attached hydrogens (tertiary/aromatic N) is 2. The lowest BCUT2D eigenvalue weighted by Crippen LogP contribution is -2.33. The summed E-state index contributed by atoms with van der Waals surface area (Å²) in [6.07, 6.45) is 0.933. The molecule has 2 aromatic rings. The highest BCUT2D eigenvalue weighted by Gasteiger charge is 2.20. The van der Waals surface area contributed by atoms with Crippen molar-refractivity contribution in [3.8, 4) is 0 Å². The van der Waals surface area contributed by atoms with Crippen LogP contribution in [-0.4, -0.2) is 16.9 Å². The second-order valence-electron chi connectivity index (χ2n) is 3.88. The van der Waals surface area contributed by atoms with E-state index in [0.29, 0.717) is 12.4 Å². The Bertz CT molecular complexity index is 558. The lowest BCUT2D eigenvalue weighted by Gasteiger charge is -2.27. The second kappa shape index (κ2) is 3.52. The smallest absolute Gasteiger partial charge is 0.325 e. The Kier molecular flexibility index (Phi) is 2.02. The highest BCUT2D eigenvalue weighted by molar-refractivity contribution is 5.41. The number of nitrogens with one attached hydrogen (secondary N) is 1. The van der Waals surface area contributed by atoms with Crippen LogP contribution in [0.1, 0.15) is 11.1 Å². The molecule has 0 aliphatic carbocycles. The number of hydrogen-bond acceptors (Lipinski definition) is 4. The number of rotatable bonds is 1. The molecule has 82 valence electrons. The number of hydrogen-bond donors (Lipinski definition) is 1. The van der Waals surface area contributed by atoms with Gasteiger partial charge in [0.15, 0.2) is 0 Å². The Labute approximate surface area is 91.6 Å². The van der Waals surface area contributed by atoms with Crippen molar-refractivity contribution in [1.29, 1.82) is 0 Å². The van der Waals surface area contributed by atoms with Crippen molar-refractivity contribution in [2.75, 3.05) is 11.4 Å². The minimum absolute atomic E-state index is 0.264. The van der Waals surface area contributed by atoms with Crippen LogP contribution >= 0.6 is 0 Å². The molecule has 0 bridgehead atoms. The van der Waals surface area contributed by atoms with E-state index in [0.717, 1.165) is 13.0 Å². The lowest BCUT2D eigenvalue weighted by molar-refractivity contribution is 0.304. The van der Waals surface area contributed by atoms with Gasteiger partial charge in [-0.2, -0.15) is 5.16 Å². The van der Waals surface area contributed by atoms with Gasteiger partial charge in [0, 0.05) is 13.1 Å². The van der Waals surface area contributed by atoms with Gasteiger partial charge in [-0.05, 0) is 22.7 Å². The third kappa shape index (κ3) is 1.41. The molecule has 2 heterocycles. The average Bonchev–Trinajstić information content (AvgIpc) is 2.75. The van der Waals surface area contributed by atoms with Crippen molar-refractivity contribution in [1.82, 2.24) is 10.3 Å². The summed E-state index contributed by atoms with van der Waals surface area (Å²) in [5.41, 5.74) is 2.33. The Morgan fingerprint density at radius 2 is 2.12 bits per heavy atom. The summed E-state index contributed by atoms with van der Waals surface area (Å²) >= 11 is 0. The van der Waals surface area contributed by atoms with Gasteiger partial charge in [0.2, 0.25) is 5.82 Å². The molecule has 0 unspecified atom stereocenters. The Morgan fingerprint density at radius 3 is 2.88 bits per heavy atom. The van der Waals surface area contributed by atoms with Crippen LogP contribution in [0.15, 0.2) is 33.7 Å². The number of anilines is 1. The van der Waals surface area contributed by atoms with E-state index in [4.69, 9.17) is 0 Å². The molecule has 0 saturated heterocycles. The van der Waals surface area contributed by atoms with Gasteiger partial charge < -0.3 is 4.90 Å². The Hall–Kier alpha value is -2.04. The normalized spacial score (nSPS) is 14.9. The van der Waals surface area contributed by atoms with E-state index in [1.807, 2.05) is 17.0 Å². The van der Waals surface area contributed by atoms with Gasteiger partial charge in [0.25, 0.3) is 0 Å². The van der Waals surface area contributed by atoms with Crippen LogP contribution in [0.5, 0.6) is 0 Å². The Morgan fingerprint density at radius 1 is 1.31 bits per heavy atom. The van der Waals surface area contributed by atoms with Gasteiger partial charge in [-0.15, -0.1) is 0 Å². The molecular formula is C11H11N3O2. The first-order valence-electron chi connectivity index (χ1n) is 5.20.